The quantitative estimate of drug-likeness (QED) is 0.456. The number of rotatable bonds is 5. The van der Waals surface area contributed by atoms with Gasteiger partial charge in [-0.2, -0.15) is 0 Å². The zero-order valence-electron chi connectivity index (χ0n) is 16.8. The van der Waals surface area contributed by atoms with E-state index in [-0.39, 0.29) is 12.1 Å². The lowest BCUT2D eigenvalue weighted by Gasteiger charge is -2.35. The molecule has 3 atom stereocenters. The Hall–Kier alpha value is -1.17. The van der Waals surface area contributed by atoms with Gasteiger partial charge in [0.2, 0.25) is 0 Å². The van der Waals surface area contributed by atoms with Gasteiger partial charge in [-0.05, 0) is 52.4 Å². The van der Waals surface area contributed by atoms with Crippen molar-refractivity contribution >= 4 is 6.09 Å². The van der Waals surface area contributed by atoms with Crippen molar-refractivity contribution in [1.82, 2.24) is 4.90 Å². The first kappa shape index (κ1) is 20.1. The van der Waals surface area contributed by atoms with Gasteiger partial charge in [0.25, 0.3) is 0 Å². The number of likely N-dealkylation sites (tertiary alicyclic amines) is 1. The van der Waals surface area contributed by atoms with Crippen LogP contribution in [0.3, 0.4) is 0 Å². The summed E-state index contributed by atoms with van der Waals surface area (Å²) in [6, 6.07) is 0.617. The lowest BCUT2D eigenvalue weighted by molar-refractivity contribution is 0.0108. The number of hydrogen-bond acceptors (Lipinski definition) is 2. The lowest BCUT2D eigenvalue weighted by Crippen LogP contribution is -2.45. The maximum Gasteiger partial charge on any atom is 0.410 e. The van der Waals surface area contributed by atoms with Gasteiger partial charge in [0.05, 0.1) is 0 Å². The van der Waals surface area contributed by atoms with Crippen LogP contribution in [0.2, 0.25) is 0 Å². The fourth-order valence-corrected chi connectivity index (χ4v) is 4.26. The van der Waals surface area contributed by atoms with Gasteiger partial charge in [0.1, 0.15) is 5.60 Å². The number of nitrogens with zero attached hydrogens (tertiary/aromatic N) is 1. The van der Waals surface area contributed by atoms with E-state index in [1.165, 1.54) is 44.9 Å². The molecule has 1 saturated carbocycles. The molecule has 1 heterocycles. The van der Waals surface area contributed by atoms with Crippen LogP contribution in [0.15, 0.2) is 0 Å². The van der Waals surface area contributed by atoms with Crippen LogP contribution in [0.4, 0.5) is 4.79 Å². The normalized spacial score (nSPS) is 25.9. The van der Waals surface area contributed by atoms with Gasteiger partial charge in [-0.25, -0.2) is 4.79 Å². The predicted molar refractivity (Wildman–Crippen MR) is 103 cm³/mol. The summed E-state index contributed by atoms with van der Waals surface area (Å²) in [4.78, 5) is 14.8. The average Bonchev–Trinajstić information content (AvgIpc) is 2.90. The van der Waals surface area contributed by atoms with E-state index in [4.69, 9.17) is 4.74 Å². The molecular weight excluding hydrogens is 310 g/mol. The Kier molecular flexibility index (Phi) is 7.66. The summed E-state index contributed by atoms with van der Waals surface area (Å²) in [5.41, 5.74) is -0.431. The lowest BCUT2D eigenvalue weighted by atomic mass is 9.84. The molecule has 1 amide bonds. The molecular formula is C22H37NO2. The smallest absolute Gasteiger partial charge is 0.410 e. The Morgan fingerprint density at radius 2 is 1.88 bits per heavy atom. The number of carbonyl (C=O) groups excluding carboxylic acids is 1. The van der Waals surface area contributed by atoms with Gasteiger partial charge in [0.15, 0.2) is 0 Å². The zero-order valence-corrected chi connectivity index (χ0v) is 16.8. The van der Waals surface area contributed by atoms with Gasteiger partial charge >= 0.3 is 6.09 Å². The first-order chi connectivity index (χ1) is 11.9. The molecule has 25 heavy (non-hydrogen) atoms. The molecule has 0 unspecified atom stereocenters. The summed E-state index contributed by atoms with van der Waals surface area (Å²) in [6.45, 7) is 8.08. The monoisotopic (exact) mass is 347 g/mol. The summed E-state index contributed by atoms with van der Waals surface area (Å²) in [5, 5.41) is 0. The van der Waals surface area contributed by atoms with Crippen molar-refractivity contribution in [3.63, 3.8) is 0 Å². The van der Waals surface area contributed by atoms with Crippen molar-refractivity contribution in [2.45, 2.75) is 116 Å². The molecule has 1 aliphatic heterocycles. The number of hydrogen-bond donors (Lipinski definition) is 0. The van der Waals surface area contributed by atoms with Crippen molar-refractivity contribution < 1.29 is 9.53 Å². The molecule has 3 nitrogen and oxygen atoms in total. The van der Waals surface area contributed by atoms with Gasteiger partial charge in [0, 0.05) is 24.9 Å². The molecule has 0 spiro atoms. The van der Waals surface area contributed by atoms with E-state index in [0.717, 1.165) is 25.7 Å². The zero-order chi connectivity index (χ0) is 18.3. The number of fused-ring (bicyclic) bond motifs is 1. The van der Waals surface area contributed by atoms with E-state index >= 15 is 0 Å². The molecule has 0 aromatic rings. The Bertz CT molecular complexity index is 482. The van der Waals surface area contributed by atoms with E-state index in [0.29, 0.717) is 12.0 Å². The molecule has 2 aliphatic rings. The van der Waals surface area contributed by atoms with Crippen molar-refractivity contribution in [3.05, 3.63) is 0 Å². The van der Waals surface area contributed by atoms with E-state index < -0.39 is 5.60 Å². The van der Waals surface area contributed by atoms with Crippen molar-refractivity contribution in [2.24, 2.45) is 5.92 Å². The molecule has 0 aromatic carbocycles. The summed E-state index contributed by atoms with van der Waals surface area (Å²) in [5.74, 6) is 7.34. The van der Waals surface area contributed by atoms with E-state index in [9.17, 15) is 4.79 Å². The first-order valence-electron chi connectivity index (χ1n) is 10.4. The second-order valence-electron chi connectivity index (χ2n) is 8.76. The van der Waals surface area contributed by atoms with Crippen LogP contribution in [0.5, 0.6) is 0 Å². The fraction of sp³-hybridized carbons (Fsp3) is 0.864. The Labute approximate surface area is 154 Å². The highest BCUT2D eigenvalue weighted by molar-refractivity contribution is 5.69. The van der Waals surface area contributed by atoms with E-state index in [1.807, 2.05) is 20.8 Å². The summed E-state index contributed by atoms with van der Waals surface area (Å²) in [6.07, 6.45) is 12.8. The Morgan fingerprint density at radius 1 is 1.12 bits per heavy atom. The maximum atomic E-state index is 12.8. The van der Waals surface area contributed by atoms with Crippen LogP contribution in [0, 0.1) is 17.8 Å². The Morgan fingerprint density at radius 3 is 2.60 bits per heavy atom. The number of carbonyl (C=O) groups is 1. The molecule has 0 N–H and O–H groups in total. The van der Waals surface area contributed by atoms with Crippen LogP contribution in [-0.2, 0) is 4.74 Å². The van der Waals surface area contributed by atoms with E-state index in [1.54, 1.807) is 0 Å². The Balaban J connectivity index is 1.94. The highest BCUT2D eigenvalue weighted by Crippen LogP contribution is 2.41. The minimum Gasteiger partial charge on any atom is -0.444 e. The molecule has 0 radical (unpaired) electrons. The minimum absolute atomic E-state index is 0.128. The number of ether oxygens (including phenoxy) is 1. The summed E-state index contributed by atoms with van der Waals surface area (Å²) >= 11 is 0. The third-order valence-electron chi connectivity index (χ3n) is 5.42. The molecule has 2 rings (SSSR count). The minimum atomic E-state index is -0.431. The predicted octanol–water partition coefficient (Wildman–Crippen LogP) is 5.92. The first-order valence-corrected chi connectivity index (χ1v) is 10.4. The highest BCUT2D eigenvalue weighted by atomic mass is 16.6. The summed E-state index contributed by atoms with van der Waals surface area (Å²) in [7, 11) is 0. The van der Waals surface area contributed by atoms with Crippen LogP contribution in [0.1, 0.15) is 98.3 Å². The highest BCUT2D eigenvalue weighted by Gasteiger charge is 2.45. The van der Waals surface area contributed by atoms with Gasteiger partial charge in [-0.15, -0.1) is 11.8 Å². The second-order valence-corrected chi connectivity index (χ2v) is 8.76. The van der Waals surface area contributed by atoms with Crippen LogP contribution < -0.4 is 0 Å². The molecule has 1 saturated heterocycles. The molecule has 0 aromatic heterocycles. The molecule has 0 bridgehead atoms. The number of amides is 1. The SMILES string of the molecule is CCCCCCC#CC[C@H]1C[C@H]2CCCC[C@H]2N1C(=O)OC(C)(C)C. The van der Waals surface area contributed by atoms with Crippen molar-refractivity contribution in [3.8, 4) is 11.8 Å². The fourth-order valence-electron chi connectivity index (χ4n) is 4.26. The average molecular weight is 348 g/mol. The van der Waals surface area contributed by atoms with Crippen molar-refractivity contribution in [1.29, 1.82) is 0 Å². The van der Waals surface area contributed by atoms with Crippen LogP contribution in [-0.4, -0.2) is 28.7 Å². The third-order valence-corrected chi connectivity index (χ3v) is 5.42. The third kappa shape index (κ3) is 6.24. The maximum absolute atomic E-state index is 12.8. The molecule has 2 fully saturated rings. The van der Waals surface area contributed by atoms with Crippen molar-refractivity contribution in [2.75, 3.05) is 0 Å². The largest absolute Gasteiger partial charge is 0.444 e. The van der Waals surface area contributed by atoms with Crippen LogP contribution in [0.25, 0.3) is 0 Å². The van der Waals surface area contributed by atoms with Gasteiger partial charge in [-0.1, -0.05) is 39.0 Å². The summed E-state index contributed by atoms with van der Waals surface area (Å²) < 4.78 is 5.71. The molecule has 3 heteroatoms. The van der Waals surface area contributed by atoms with Gasteiger partial charge in [-0.3, -0.25) is 0 Å². The second kappa shape index (κ2) is 9.51. The standard InChI is InChI=1S/C22H37NO2/c1-5-6-7-8-9-10-11-15-19-17-18-14-12-13-16-20(18)23(19)21(24)25-22(2,3)4/h18-20H,5-9,12-17H2,1-4H3/t18-,19+,20-/m1/s1. The molecule has 1 aliphatic carbocycles. The van der Waals surface area contributed by atoms with Crippen LogP contribution >= 0.6 is 0 Å². The molecule has 142 valence electrons. The topological polar surface area (TPSA) is 29.5 Å². The van der Waals surface area contributed by atoms with Gasteiger partial charge < -0.3 is 9.64 Å². The van der Waals surface area contributed by atoms with E-state index in [2.05, 4.69) is 23.7 Å². The number of unbranched alkanes of at least 4 members (excludes halogenated alkanes) is 4.